The minimum absolute atomic E-state index is 0.394. The molecule has 178 valence electrons. The second-order valence-corrected chi connectivity index (χ2v) is 9.06. The van der Waals surface area contributed by atoms with Gasteiger partial charge in [0.15, 0.2) is 0 Å². The summed E-state index contributed by atoms with van der Waals surface area (Å²) < 4.78 is 12.7. The van der Waals surface area contributed by atoms with Crippen molar-refractivity contribution in [3.8, 4) is 5.75 Å². The maximum Gasteiger partial charge on any atom is 0.338 e. The predicted molar refractivity (Wildman–Crippen MR) is 134 cm³/mol. The molecule has 1 atom stereocenters. The van der Waals surface area contributed by atoms with Crippen LogP contribution in [0.4, 0.5) is 5.95 Å². The monoisotopic (exact) mass is 478 g/mol. The summed E-state index contributed by atoms with van der Waals surface area (Å²) in [6.45, 7) is 4.73. The largest absolute Gasteiger partial charge is 0.494 e. The van der Waals surface area contributed by atoms with Crippen molar-refractivity contribution < 1.29 is 14.3 Å². The van der Waals surface area contributed by atoms with Gasteiger partial charge in [-0.05, 0) is 36.6 Å². The van der Waals surface area contributed by atoms with Crippen molar-refractivity contribution in [2.24, 2.45) is 0 Å². The molecule has 1 N–H and O–H groups in total. The summed E-state index contributed by atoms with van der Waals surface area (Å²) in [4.78, 5) is 17.4. The van der Waals surface area contributed by atoms with Gasteiger partial charge in [-0.25, -0.2) is 9.48 Å². The number of aromatic nitrogens is 3. The van der Waals surface area contributed by atoms with E-state index < -0.39 is 12.0 Å². The van der Waals surface area contributed by atoms with Gasteiger partial charge in [-0.1, -0.05) is 74.0 Å². The van der Waals surface area contributed by atoms with E-state index in [-0.39, 0.29) is 0 Å². The number of hydrogen-bond acceptors (Lipinski definition) is 7. The van der Waals surface area contributed by atoms with Crippen LogP contribution in [0.1, 0.15) is 50.3 Å². The summed E-state index contributed by atoms with van der Waals surface area (Å²) in [5.41, 5.74) is 3.32. The Morgan fingerprint density at radius 1 is 1.12 bits per heavy atom. The molecule has 3 aromatic rings. The first-order valence-corrected chi connectivity index (χ1v) is 12.5. The molecule has 8 heteroatoms. The Bertz CT molecular complexity index is 1140. The van der Waals surface area contributed by atoms with Crippen LogP contribution in [0.2, 0.25) is 0 Å². The lowest BCUT2D eigenvalue weighted by molar-refractivity contribution is -0.136. The first-order chi connectivity index (χ1) is 16.6. The van der Waals surface area contributed by atoms with Crippen LogP contribution in [0.3, 0.4) is 0 Å². The molecule has 34 heavy (non-hydrogen) atoms. The average Bonchev–Trinajstić information content (AvgIpc) is 3.27. The summed E-state index contributed by atoms with van der Waals surface area (Å²) in [7, 11) is 1.39. The number of carbonyl (C=O) groups excluding carboxylic acids is 1. The molecule has 0 spiro atoms. The fraction of sp³-hybridized carbons (Fsp3) is 0.346. The molecule has 0 amide bonds. The minimum atomic E-state index is -0.448. The fourth-order valence-electron chi connectivity index (χ4n) is 3.89. The summed E-state index contributed by atoms with van der Waals surface area (Å²) in [6, 6.07) is 17.6. The van der Waals surface area contributed by atoms with Crippen LogP contribution < -0.4 is 10.1 Å². The van der Waals surface area contributed by atoms with E-state index in [9.17, 15) is 4.79 Å². The number of fused-ring (bicyclic) bond motifs is 1. The Morgan fingerprint density at radius 2 is 1.88 bits per heavy atom. The Kier molecular flexibility index (Phi) is 7.90. The number of benzene rings is 2. The SMILES string of the molecule is CCCCCOc1ccc(C2C(C(=O)OC)=C(C)Nc3nc(SCc4ccccc4)nn32)cc1. The molecule has 2 heterocycles. The maximum atomic E-state index is 12.7. The zero-order chi connectivity index (χ0) is 23.9. The minimum Gasteiger partial charge on any atom is -0.494 e. The van der Waals surface area contributed by atoms with Gasteiger partial charge in [-0.2, -0.15) is 4.98 Å². The highest BCUT2D eigenvalue weighted by molar-refractivity contribution is 7.98. The summed E-state index contributed by atoms with van der Waals surface area (Å²) in [5, 5.41) is 8.62. The second-order valence-electron chi connectivity index (χ2n) is 8.12. The molecule has 0 saturated heterocycles. The first kappa shape index (κ1) is 23.9. The van der Waals surface area contributed by atoms with Gasteiger partial charge in [0.1, 0.15) is 11.8 Å². The van der Waals surface area contributed by atoms with Crippen LogP contribution in [0, 0.1) is 0 Å². The standard InChI is InChI=1S/C26H30N4O3S/c1-4-5-9-16-33-21-14-12-20(13-15-21)23-22(24(31)32-3)18(2)27-25-28-26(29-30(23)25)34-17-19-10-7-6-8-11-19/h6-8,10-15,23H,4-5,9,16-17H2,1-3H3,(H,27,28,29). The number of ether oxygens (including phenoxy) is 2. The molecular formula is C26H30N4O3S. The van der Waals surface area contributed by atoms with Crippen LogP contribution in [0.15, 0.2) is 71.0 Å². The summed E-state index contributed by atoms with van der Waals surface area (Å²) in [5.74, 6) is 1.78. The van der Waals surface area contributed by atoms with Gasteiger partial charge in [0.05, 0.1) is 19.3 Å². The normalized spacial score (nSPS) is 15.0. The van der Waals surface area contributed by atoms with E-state index in [1.807, 2.05) is 49.4 Å². The van der Waals surface area contributed by atoms with Gasteiger partial charge in [0.2, 0.25) is 11.1 Å². The van der Waals surface area contributed by atoms with Crippen molar-refractivity contribution in [3.63, 3.8) is 0 Å². The van der Waals surface area contributed by atoms with Crippen molar-refractivity contribution in [1.82, 2.24) is 14.8 Å². The van der Waals surface area contributed by atoms with Crippen LogP contribution in [0.25, 0.3) is 0 Å². The van der Waals surface area contributed by atoms with Crippen LogP contribution in [-0.4, -0.2) is 34.5 Å². The summed E-state index contributed by atoms with van der Waals surface area (Å²) >= 11 is 1.56. The smallest absolute Gasteiger partial charge is 0.338 e. The number of anilines is 1. The summed E-state index contributed by atoms with van der Waals surface area (Å²) in [6.07, 6.45) is 3.35. The third-order valence-electron chi connectivity index (χ3n) is 5.66. The molecule has 1 unspecified atom stereocenters. The van der Waals surface area contributed by atoms with Crippen molar-refractivity contribution in [3.05, 3.63) is 77.0 Å². The van der Waals surface area contributed by atoms with Crippen molar-refractivity contribution in [2.45, 2.75) is 50.1 Å². The van der Waals surface area contributed by atoms with E-state index in [0.29, 0.717) is 29.0 Å². The quantitative estimate of drug-likeness (QED) is 0.231. The number of nitrogens with zero attached hydrogens (tertiary/aromatic N) is 3. The molecule has 4 rings (SSSR count). The highest BCUT2D eigenvalue weighted by Crippen LogP contribution is 2.37. The van der Waals surface area contributed by atoms with Crippen LogP contribution >= 0.6 is 11.8 Å². The molecule has 7 nitrogen and oxygen atoms in total. The highest BCUT2D eigenvalue weighted by atomic mass is 32.2. The second kappa shape index (κ2) is 11.2. The number of methoxy groups -OCH3 is 1. The number of nitrogens with one attached hydrogen (secondary N) is 1. The van der Waals surface area contributed by atoms with Gasteiger partial charge >= 0.3 is 5.97 Å². The van der Waals surface area contributed by atoms with Gasteiger partial charge in [0, 0.05) is 11.4 Å². The van der Waals surface area contributed by atoms with E-state index in [1.165, 1.54) is 12.7 Å². The lowest BCUT2D eigenvalue weighted by Crippen LogP contribution is -2.29. The number of carbonyl (C=O) groups is 1. The van der Waals surface area contributed by atoms with E-state index in [0.717, 1.165) is 36.3 Å². The van der Waals surface area contributed by atoms with Gasteiger partial charge in [-0.15, -0.1) is 5.10 Å². The number of esters is 1. The predicted octanol–water partition coefficient (Wildman–Crippen LogP) is 5.60. The molecule has 0 fully saturated rings. The molecule has 0 aliphatic carbocycles. The number of unbranched alkanes of at least 4 members (excludes halogenated alkanes) is 2. The fourth-order valence-corrected chi connectivity index (χ4v) is 4.67. The molecule has 1 aromatic heterocycles. The van der Waals surface area contributed by atoms with E-state index >= 15 is 0 Å². The highest BCUT2D eigenvalue weighted by Gasteiger charge is 2.35. The van der Waals surface area contributed by atoms with Gasteiger partial charge in [0.25, 0.3) is 0 Å². The van der Waals surface area contributed by atoms with E-state index in [1.54, 1.807) is 16.4 Å². The molecule has 0 radical (unpaired) electrons. The van der Waals surface area contributed by atoms with E-state index in [2.05, 4.69) is 29.4 Å². The molecule has 1 aliphatic heterocycles. The topological polar surface area (TPSA) is 78.3 Å². The third-order valence-corrected chi connectivity index (χ3v) is 6.57. The maximum absolute atomic E-state index is 12.7. The Balaban J connectivity index is 1.60. The van der Waals surface area contributed by atoms with E-state index in [4.69, 9.17) is 14.6 Å². The number of hydrogen-bond donors (Lipinski definition) is 1. The Hall–Kier alpha value is -3.26. The first-order valence-electron chi connectivity index (χ1n) is 11.5. The van der Waals surface area contributed by atoms with Crippen LogP contribution in [0.5, 0.6) is 5.75 Å². The van der Waals surface area contributed by atoms with Crippen molar-refractivity contribution in [2.75, 3.05) is 19.0 Å². The third kappa shape index (κ3) is 5.44. The molecule has 2 aromatic carbocycles. The Labute approximate surface area is 204 Å². The van der Waals surface area contributed by atoms with Gasteiger partial charge in [-0.3, -0.25) is 0 Å². The average molecular weight is 479 g/mol. The van der Waals surface area contributed by atoms with Gasteiger partial charge < -0.3 is 14.8 Å². The molecule has 0 saturated carbocycles. The Morgan fingerprint density at radius 3 is 2.59 bits per heavy atom. The molecular weight excluding hydrogens is 448 g/mol. The number of allylic oxidation sites excluding steroid dienone is 1. The lowest BCUT2D eigenvalue weighted by Gasteiger charge is -2.27. The van der Waals surface area contributed by atoms with Crippen LogP contribution in [-0.2, 0) is 15.3 Å². The number of thioether (sulfide) groups is 1. The number of rotatable bonds is 10. The van der Waals surface area contributed by atoms with Crippen molar-refractivity contribution in [1.29, 1.82) is 0 Å². The zero-order valence-electron chi connectivity index (χ0n) is 19.8. The molecule has 0 bridgehead atoms. The zero-order valence-corrected chi connectivity index (χ0v) is 20.6. The lowest BCUT2D eigenvalue weighted by atomic mass is 9.96. The van der Waals surface area contributed by atoms with Crippen molar-refractivity contribution >= 4 is 23.7 Å². The molecule has 1 aliphatic rings.